The summed E-state index contributed by atoms with van der Waals surface area (Å²) < 4.78 is 11.4. The first kappa shape index (κ1) is 22.8. The van der Waals surface area contributed by atoms with Crippen LogP contribution in [-0.4, -0.2) is 29.1 Å². The fraction of sp³-hybridized carbons (Fsp3) is 0.667. The molecule has 1 aromatic rings. The lowest BCUT2D eigenvalue weighted by Gasteiger charge is -2.37. The highest BCUT2D eigenvalue weighted by atomic mass is 16.6. The van der Waals surface area contributed by atoms with Crippen LogP contribution in [0.5, 0.6) is 11.5 Å². The number of carbonyl (C=O) groups excluding carboxylic acids is 2. The molecule has 0 amide bonds. The molecule has 3 rings (SSSR count). The lowest BCUT2D eigenvalue weighted by Crippen LogP contribution is -2.47. The summed E-state index contributed by atoms with van der Waals surface area (Å²) in [5.74, 6) is -0.334. The second-order valence-electron chi connectivity index (χ2n) is 10.6. The Labute approximate surface area is 179 Å². The van der Waals surface area contributed by atoms with E-state index < -0.39 is 28.9 Å². The highest BCUT2D eigenvalue weighted by molar-refractivity contribution is 5.82. The Morgan fingerprint density at radius 2 is 1.57 bits per heavy atom. The van der Waals surface area contributed by atoms with Gasteiger partial charge in [0.15, 0.2) is 11.5 Å². The lowest BCUT2D eigenvalue weighted by atomic mass is 9.83. The fourth-order valence-electron chi connectivity index (χ4n) is 3.57. The van der Waals surface area contributed by atoms with Crippen molar-refractivity contribution < 1.29 is 24.2 Å². The van der Waals surface area contributed by atoms with E-state index in [1.54, 1.807) is 53.7 Å². The maximum Gasteiger partial charge on any atom is 0.316 e. The molecule has 0 aromatic heterocycles. The number of rotatable bonds is 4. The number of benzene rings is 1. The van der Waals surface area contributed by atoms with Crippen molar-refractivity contribution in [2.75, 3.05) is 0 Å². The van der Waals surface area contributed by atoms with Crippen LogP contribution in [0, 0.1) is 10.8 Å². The number of hydrogen-bond donors (Lipinski definition) is 2. The van der Waals surface area contributed by atoms with Crippen LogP contribution in [0.1, 0.15) is 84.5 Å². The number of carbonyl (C=O) groups is 2. The van der Waals surface area contributed by atoms with Crippen LogP contribution < -0.4 is 14.8 Å². The monoisotopic (exact) mass is 417 g/mol. The number of hydrogen-bond acceptors (Lipinski definition) is 6. The number of esters is 2. The summed E-state index contributed by atoms with van der Waals surface area (Å²) in [6.45, 7) is 10.6. The Bertz CT molecular complexity index is 814. The Hall–Kier alpha value is -1.92. The van der Waals surface area contributed by atoms with E-state index in [-0.39, 0.29) is 17.5 Å². The molecule has 1 aromatic carbocycles. The molecular formula is C24H35NO5. The first-order chi connectivity index (χ1) is 13.9. The largest absolute Gasteiger partial charge is 0.422 e. The summed E-state index contributed by atoms with van der Waals surface area (Å²) in [5.41, 5.74) is 0.0602. The maximum atomic E-state index is 12.7. The van der Waals surface area contributed by atoms with Gasteiger partial charge in [-0.05, 0) is 78.9 Å². The smallest absolute Gasteiger partial charge is 0.316 e. The predicted octanol–water partition coefficient (Wildman–Crippen LogP) is 4.08. The van der Waals surface area contributed by atoms with E-state index in [4.69, 9.17) is 9.47 Å². The summed E-state index contributed by atoms with van der Waals surface area (Å²) in [6.07, 6.45) is 4.17. The molecule has 0 saturated heterocycles. The molecule has 0 spiro atoms. The zero-order chi connectivity index (χ0) is 22.3. The molecule has 2 atom stereocenters. The van der Waals surface area contributed by atoms with Gasteiger partial charge in [0, 0.05) is 17.6 Å². The average molecular weight is 418 g/mol. The van der Waals surface area contributed by atoms with Crippen LogP contribution in [0.4, 0.5) is 0 Å². The Kier molecular flexibility index (Phi) is 6.30. The summed E-state index contributed by atoms with van der Waals surface area (Å²) in [5, 5.41) is 14.6. The lowest BCUT2D eigenvalue weighted by molar-refractivity contribution is -0.145. The van der Waals surface area contributed by atoms with Crippen molar-refractivity contribution in [2.45, 2.75) is 91.8 Å². The Morgan fingerprint density at radius 3 is 2.10 bits per heavy atom. The highest BCUT2D eigenvalue weighted by Crippen LogP contribution is 2.43. The van der Waals surface area contributed by atoms with Gasteiger partial charge < -0.3 is 19.9 Å². The van der Waals surface area contributed by atoms with E-state index in [9.17, 15) is 14.7 Å². The minimum absolute atomic E-state index is 0.0306. The molecule has 6 heteroatoms. The maximum absolute atomic E-state index is 12.7. The van der Waals surface area contributed by atoms with Gasteiger partial charge in [0.1, 0.15) is 0 Å². The molecule has 0 bridgehead atoms. The zero-order valence-corrected chi connectivity index (χ0v) is 19.0. The van der Waals surface area contributed by atoms with Crippen molar-refractivity contribution in [1.29, 1.82) is 0 Å². The zero-order valence-electron chi connectivity index (χ0n) is 19.0. The van der Waals surface area contributed by atoms with E-state index in [1.165, 1.54) is 6.42 Å². The van der Waals surface area contributed by atoms with E-state index in [1.807, 2.05) is 0 Å². The van der Waals surface area contributed by atoms with Crippen molar-refractivity contribution in [1.82, 2.24) is 5.32 Å². The third-order valence-corrected chi connectivity index (χ3v) is 5.84. The van der Waals surface area contributed by atoms with Gasteiger partial charge in [0.05, 0.1) is 16.9 Å². The second kappa shape index (κ2) is 8.31. The number of ether oxygens (including phenoxy) is 2. The van der Waals surface area contributed by atoms with Crippen LogP contribution >= 0.6 is 0 Å². The fourth-order valence-corrected chi connectivity index (χ4v) is 3.57. The van der Waals surface area contributed by atoms with E-state index in [0.29, 0.717) is 12.5 Å². The SMILES string of the molecule is CC(C)(C)C(=O)Oc1ccc2c(c1OC(=O)C(C)(C)C)CCC(NC1CCC1)C2O. The predicted molar refractivity (Wildman–Crippen MR) is 114 cm³/mol. The number of fused-ring (bicyclic) bond motifs is 1. The van der Waals surface area contributed by atoms with Crippen LogP contribution in [0.3, 0.4) is 0 Å². The van der Waals surface area contributed by atoms with Crippen LogP contribution in [-0.2, 0) is 16.0 Å². The Morgan fingerprint density at radius 1 is 0.967 bits per heavy atom. The van der Waals surface area contributed by atoms with Gasteiger partial charge in [-0.3, -0.25) is 9.59 Å². The Balaban J connectivity index is 1.95. The molecule has 1 saturated carbocycles. The minimum atomic E-state index is -0.713. The third-order valence-electron chi connectivity index (χ3n) is 5.84. The van der Waals surface area contributed by atoms with Gasteiger partial charge >= 0.3 is 11.9 Å². The molecular weight excluding hydrogens is 382 g/mol. The van der Waals surface area contributed by atoms with Gasteiger partial charge in [0.25, 0.3) is 0 Å². The summed E-state index contributed by atoms with van der Waals surface area (Å²) >= 11 is 0. The van der Waals surface area contributed by atoms with Gasteiger partial charge in [0.2, 0.25) is 0 Å². The molecule has 30 heavy (non-hydrogen) atoms. The molecule has 2 unspecified atom stereocenters. The molecule has 2 aliphatic rings. The van der Waals surface area contributed by atoms with Crippen molar-refractivity contribution in [3.8, 4) is 11.5 Å². The molecule has 2 aliphatic carbocycles. The van der Waals surface area contributed by atoms with Crippen LogP contribution in [0.2, 0.25) is 0 Å². The number of aliphatic hydroxyl groups excluding tert-OH is 1. The van der Waals surface area contributed by atoms with E-state index in [2.05, 4.69) is 5.32 Å². The molecule has 0 heterocycles. The molecule has 166 valence electrons. The first-order valence-corrected chi connectivity index (χ1v) is 10.9. The van der Waals surface area contributed by atoms with E-state index >= 15 is 0 Å². The van der Waals surface area contributed by atoms with Crippen molar-refractivity contribution in [3.05, 3.63) is 23.3 Å². The minimum Gasteiger partial charge on any atom is -0.422 e. The molecule has 6 nitrogen and oxygen atoms in total. The standard InChI is InChI=1S/C24H35NO5/c1-23(2,3)21(27)29-18-13-11-15-16(20(18)30-22(28)24(4,5)6)10-12-17(19(15)26)25-14-8-7-9-14/h11,13-14,17,19,25-26H,7-10,12H2,1-6H3. The first-order valence-electron chi connectivity index (χ1n) is 10.9. The highest BCUT2D eigenvalue weighted by Gasteiger charge is 2.36. The molecule has 1 fully saturated rings. The van der Waals surface area contributed by atoms with Gasteiger partial charge in [-0.1, -0.05) is 12.5 Å². The topological polar surface area (TPSA) is 84.9 Å². The summed E-state index contributed by atoms with van der Waals surface area (Å²) in [4.78, 5) is 25.1. The number of aliphatic hydroxyl groups is 1. The van der Waals surface area contributed by atoms with Crippen molar-refractivity contribution in [2.24, 2.45) is 10.8 Å². The molecule has 2 N–H and O–H groups in total. The summed E-state index contributed by atoms with van der Waals surface area (Å²) in [7, 11) is 0. The van der Waals surface area contributed by atoms with Crippen molar-refractivity contribution >= 4 is 11.9 Å². The van der Waals surface area contributed by atoms with Crippen LogP contribution in [0.15, 0.2) is 12.1 Å². The van der Waals surface area contributed by atoms with Crippen LogP contribution in [0.25, 0.3) is 0 Å². The average Bonchev–Trinajstić information content (AvgIpc) is 2.59. The molecule has 0 aliphatic heterocycles. The second-order valence-corrected chi connectivity index (χ2v) is 10.6. The van der Waals surface area contributed by atoms with Gasteiger partial charge in [-0.15, -0.1) is 0 Å². The van der Waals surface area contributed by atoms with Crippen molar-refractivity contribution in [3.63, 3.8) is 0 Å². The third kappa shape index (κ3) is 4.86. The summed E-state index contributed by atoms with van der Waals surface area (Å²) in [6, 6.07) is 3.85. The van der Waals surface area contributed by atoms with E-state index in [0.717, 1.165) is 30.4 Å². The van der Waals surface area contributed by atoms with Gasteiger partial charge in [-0.25, -0.2) is 0 Å². The van der Waals surface area contributed by atoms with Gasteiger partial charge in [-0.2, -0.15) is 0 Å². The molecule has 0 radical (unpaired) electrons. The normalized spacial score (nSPS) is 22.1. The quantitative estimate of drug-likeness (QED) is 0.567. The number of nitrogens with one attached hydrogen (secondary N) is 1.